The van der Waals surface area contributed by atoms with Crippen molar-refractivity contribution < 1.29 is 14.3 Å². The number of amides is 2. The number of piperazine rings is 1. The minimum atomic E-state index is -0.454. The molecule has 0 spiro atoms. The first-order valence-corrected chi connectivity index (χ1v) is 10.7. The molecule has 174 valence electrons. The highest BCUT2D eigenvalue weighted by Gasteiger charge is 2.34. The Morgan fingerprint density at radius 1 is 1.09 bits per heavy atom. The molecular weight excluding hydrogens is 424 g/mol. The highest BCUT2D eigenvalue weighted by molar-refractivity contribution is 5.94. The number of fused-ring (bicyclic) bond motifs is 1. The van der Waals surface area contributed by atoms with Crippen LogP contribution in [0.3, 0.4) is 0 Å². The number of nitrogens with one attached hydrogen (secondary N) is 3. The molecule has 0 aliphatic carbocycles. The highest BCUT2D eigenvalue weighted by atomic mass is 16.5. The van der Waals surface area contributed by atoms with Gasteiger partial charge in [0.1, 0.15) is 11.8 Å². The Morgan fingerprint density at radius 2 is 1.82 bits per heavy atom. The first-order chi connectivity index (χ1) is 15.8. The van der Waals surface area contributed by atoms with Crippen LogP contribution in [0.5, 0.6) is 5.75 Å². The Labute approximate surface area is 191 Å². The second-order valence-electron chi connectivity index (χ2n) is 8.25. The normalized spacial score (nSPS) is 16.6. The predicted octanol–water partition coefficient (Wildman–Crippen LogP) is 1.08. The molecule has 2 heterocycles. The van der Waals surface area contributed by atoms with Crippen molar-refractivity contribution in [3.63, 3.8) is 0 Å². The van der Waals surface area contributed by atoms with Gasteiger partial charge in [0.25, 0.3) is 0 Å². The van der Waals surface area contributed by atoms with E-state index in [1.54, 1.807) is 44.3 Å². The predicted molar refractivity (Wildman–Crippen MR) is 127 cm³/mol. The van der Waals surface area contributed by atoms with Gasteiger partial charge in [-0.2, -0.15) is 0 Å². The van der Waals surface area contributed by atoms with E-state index in [2.05, 4.69) is 20.2 Å². The summed E-state index contributed by atoms with van der Waals surface area (Å²) in [7, 11) is 5.07. The molecule has 0 unspecified atom stereocenters. The van der Waals surface area contributed by atoms with E-state index in [0.717, 1.165) is 11.4 Å². The van der Waals surface area contributed by atoms with Crippen LogP contribution in [0.1, 0.15) is 0 Å². The van der Waals surface area contributed by atoms with E-state index in [1.807, 2.05) is 29.2 Å². The Balaban J connectivity index is 1.46. The zero-order valence-corrected chi connectivity index (χ0v) is 18.9. The van der Waals surface area contributed by atoms with Gasteiger partial charge in [-0.3, -0.25) is 14.5 Å². The smallest absolute Gasteiger partial charge is 0.323 e. The zero-order valence-electron chi connectivity index (χ0n) is 18.9. The Kier molecular flexibility index (Phi) is 6.36. The van der Waals surface area contributed by atoms with Crippen molar-refractivity contribution >= 4 is 34.2 Å². The number of benzene rings is 2. The van der Waals surface area contributed by atoms with Gasteiger partial charge in [-0.05, 0) is 42.5 Å². The number of anilines is 2. The average molecular weight is 453 g/mol. The fourth-order valence-electron chi connectivity index (χ4n) is 4.06. The van der Waals surface area contributed by atoms with Crippen LogP contribution in [0.4, 0.5) is 11.4 Å². The quantitative estimate of drug-likeness (QED) is 0.516. The molecule has 0 bridgehead atoms. The molecular formula is C23H28N6O4. The van der Waals surface area contributed by atoms with Crippen molar-refractivity contribution in [3.8, 4) is 5.75 Å². The maximum absolute atomic E-state index is 12.9. The van der Waals surface area contributed by atoms with E-state index in [1.165, 1.54) is 0 Å². The summed E-state index contributed by atoms with van der Waals surface area (Å²) in [5, 5.41) is 2.87. The number of hydrogen-bond acceptors (Lipinski definition) is 6. The molecule has 0 saturated carbocycles. The molecule has 1 aliphatic heterocycles. The lowest BCUT2D eigenvalue weighted by atomic mass is 10.1. The van der Waals surface area contributed by atoms with Crippen molar-refractivity contribution in [3.05, 3.63) is 52.9 Å². The molecule has 3 N–H and O–H groups in total. The second kappa shape index (κ2) is 9.37. The van der Waals surface area contributed by atoms with Crippen LogP contribution in [0.15, 0.2) is 47.3 Å². The molecule has 10 nitrogen and oxygen atoms in total. The van der Waals surface area contributed by atoms with Crippen LogP contribution in [0.25, 0.3) is 11.0 Å². The molecule has 0 radical (unpaired) electrons. The van der Waals surface area contributed by atoms with Gasteiger partial charge in [-0.15, -0.1) is 0 Å². The topological polar surface area (TPSA) is 114 Å². The van der Waals surface area contributed by atoms with Gasteiger partial charge in [-0.1, -0.05) is 0 Å². The third-order valence-electron chi connectivity index (χ3n) is 5.80. The number of aromatic amines is 2. The van der Waals surface area contributed by atoms with Crippen LogP contribution in [-0.4, -0.2) is 85.0 Å². The molecule has 1 aliphatic rings. The van der Waals surface area contributed by atoms with E-state index in [4.69, 9.17) is 4.74 Å². The lowest BCUT2D eigenvalue weighted by Gasteiger charge is -2.42. The first-order valence-electron chi connectivity index (χ1n) is 10.7. The number of carbonyl (C=O) groups excluding carboxylic acids is 2. The monoisotopic (exact) mass is 452 g/mol. The Morgan fingerprint density at radius 3 is 2.52 bits per heavy atom. The molecule has 3 aromatic rings. The van der Waals surface area contributed by atoms with Gasteiger partial charge in [0, 0.05) is 45.1 Å². The van der Waals surface area contributed by atoms with Crippen molar-refractivity contribution in [1.82, 2.24) is 19.8 Å². The lowest BCUT2D eigenvalue weighted by Crippen LogP contribution is -2.60. The summed E-state index contributed by atoms with van der Waals surface area (Å²) in [6, 6.07) is 12.4. The third kappa shape index (κ3) is 5.01. The minimum absolute atomic E-state index is 0.0488. The SMILES string of the molecule is COc1ccc(N2CCN(CC(=O)Nc3ccc4[nH]c(=O)[nH]c4c3)[C@H](C(=O)N(C)C)C2)cc1. The van der Waals surface area contributed by atoms with Gasteiger partial charge in [0.05, 0.1) is 24.7 Å². The number of ether oxygens (including phenoxy) is 1. The molecule has 2 aromatic carbocycles. The largest absolute Gasteiger partial charge is 0.497 e. The van der Waals surface area contributed by atoms with Gasteiger partial charge in [0.2, 0.25) is 11.8 Å². The van der Waals surface area contributed by atoms with E-state index < -0.39 is 6.04 Å². The number of rotatable bonds is 6. The molecule has 10 heteroatoms. The van der Waals surface area contributed by atoms with Crippen molar-refractivity contribution in [2.45, 2.75) is 6.04 Å². The van der Waals surface area contributed by atoms with Crippen LogP contribution in [0, 0.1) is 0 Å². The van der Waals surface area contributed by atoms with Crippen molar-refractivity contribution in [2.24, 2.45) is 0 Å². The minimum Gasteiger partial charge on any atom is -0.497 e. The van der Waals surface area contributed by atoms with Gasteiger partial charge in [-0.25, -0.2) is 4.79 Å². The molecule has 1 atom stereocenters. The third-order valence-corrected chi connectivity index (χ3v) is 5.80. The molecule has 4 rings (SSSR count). The maximum atomic E-state index is 12.9. The number of aromatic nitrogens is 2. The summed E-state index contributed by atoms with van der Waals surface area (Å²) < 4.78 is 5.23. The molecule has 2 amide bonds. The van der Waals surface area contributed by atoms with E-state index in [-0.39, 0.29) is 24.0 Å². The van der Waals surface area contributed by atoms with E-state index in [0.29, 0.717) is 36.4 Å². The fraction of sp³-hybridized carbons (Fsp3) is 0.348. The van der Waals surface area contributed by atoms with Gasteiger partial charge < -0.3 is 29.8 Å². The molecule has 33 heavy (non-hydrogen) atoms. The number of carbonyl (C=O) groups is 2. The number of methoxy groups -OCH3 is 1. The summed E-state index contributed by atoms with van der Waals surface area (Å²) in [5.74, 6) is 0.505. The number of hydrogen-bond donors (Lipinski definition) is 3. The Hall–Kier alpha value is -3.79. The molecule has 1 aromatic heterocycles. The number of nitrogens with zero attached hydrogens (tertiary/aromatic N) is 3. The van der Waals surface area contributed by atoms with Crippen LogP contribution in [-0.2, 0) is 9.59 Å². The maximum Gasteiger partial charge on any atom is 0.323 e. The average Bonchev–Trinajstić information content (AvgIpc) is 3.18. The summed E-state index contributed by atoms with van der Waals surface area (Å²) in [4.78, 5) is 48.2. The first kappa shape index (κ1) is 22.4. The highest BCUT2D eigenvalue weighted by Crippen LogP contribution is 2.23. The van der Waals surface area contributed by atoms with Crippen LogP contribution >= 0.6 is 0 Å². The zero-order chi connectivity index (χ0) is 23.5. The van der Waals surface area contributed by atoms with E-state index >= 15 is 0 Å². The second-order valence-corrected chi connectivity index (χ2v) is 8.25. The number of imidazole rings is 1. The molecule has 1 saturated heterocycles. The van der Waals surface area contributed by atoms with Crippen molar-refractivity contribution in [2.75, 3.05) is 57.6 Å². The van der Waals surface area contributed by atoms with E-state index in [9.17, 15) is 14.4 Å². The summed E-state index contributed by atoms with van der Waals surface area (Å²) >= 11 is 0. The van der Waals surface area contributed by atoms with Gasteiger partial charge in [0.15, 0.2) is 0 Å². The van der Waals surface area contributed by atoms with Gasteiger partial charge >= 0.3 is 5.69 Å². The summed E-state index contributed by atoms with van der Waals surface area (Å²) in [6.45, 7) is 1.82. The Bertz CT molecular complexity index is 1200. The number of H-pyrrole nitrogens is 2. The van der Waals surface area contributed by atoms with Crippen LogP contribution < -0.4 is 20.6 Å². The molecule has 1 fully saturated rings. The standard InChI is InChI=1S/C23H28N6O4/c1-27(2)22(31)20-13-28(16-5-7-17(33-3)8-6-16)10-11-29(20)14-21(30)24-15-4-9-18-19(12-15)26-23(32)25-18/h4-9,12,20H,10-11,13-14H2,1-3H3,(H,24,30)(H2,25,26,32)/t20-/m0/s1. The summed E-state index contributed by atoms with van der Waals surface area (Å²) in [6.07, 6.45) is 0. The van der Waals surface area contributed by atoms with Crippen molar-refractivity contribution in [1.29, 1.82) is 0 Å². The van der Waals surface area contributed by atoms with Crippen LogP contribution in [0.2, 0.25) is 0 Å². The fourth-order valence-corrected chi connectivity index (χ4v) is 4.06. The number of likely N-dealkylation sites (N-methyl/N-ethyl adjacent to an activating group) is 1. The summed E-state index contributed by atoms with van der Waals surface area (Å²) in [5.41, 5.74) is 2.57. The lowest BCUT2D eigenvalue weighted by molar-refractivity contribution is -0.135.